The molecule has 1 aromatic heterocycles. The summed E-state index contributed by atoms with van der Waals surface area (Å²) in [4.78, 5) is 24.2. The van der Waals surface area contributed by atoms with Crippen LogP contribution in [0, 0.1) is 11.3 Å². The Morgan fingerprint density at radius 1 is 1.27 bits per heavy atom. The lowest BCUT2D eigenvalue weighted by Crippen LogP contribution is -2.22. The van der Waals surface area contributed by atoms with Crippen molar-refractivity contribution < 1.29 is 14.6 Å². The predicted molar refractivity (Wildman–Crippen MR) is 93.0 cm³/mol. The molecule has 1 N–H and O–H groups in total. The number of esters is 1. The molecule has 0 saturated heterocycles. The van der Waals surface area contributed by atoms with Gasteiger partial charge in [0, 0.05) is 30.7 Å². The zero-order valence-corrected chi connectivity index (χ0v) is 14.0. The summed E-state index contributed by atoms with van der Waals surface area (Å²) in [6.07, 6.45) is -0.196. The number of nitriles is 1. The standard InChI is InChI=1S/C19H15N3O4/c1-11(23)26-16-8-9-21-17(16)18(24)22(19(21)25)15-7-6-12(10-20)13-4-2-3-5-14(13)15/h2-7,16,24H,8-9H2,1H3. The molecule has 0 saturated carbocycles. The normalized spacial score (nSPS) is 15.6. The van der Waals surface area contributed by atoms with E-state index in [1.165, 1.54) is 16.1 Å². The zero-order chi connectivity index (χ0) is 18.4. The maximum absolute atomic E-state index is 12.9. The van der Waals surface area contributed by atoms with Crippen LogP contribution in [-0.4, -0.2) is 20.2 Å². The summed E-state index contributed by atoms with van der Waals surface area (Å²) < 4.78 is 7.86. The lowest BCUT2D eigenvalue weighted by molar-refractivity contribution is -0.146. The van der Waals surface area contributed by atoms with E-state index < -0.39 is 17.8 Å². The van der Waals surface area contributed by atoms with Crippen LogP contribution in [-0.2, 0) is 16.1 Å². The van der Waals surface area contributed by atoms with Gasteiger partial charge in [0.25, 0.3) is 0 Å². The highest BCUT2D eigenvalue weighted by atomic mass is 16.5. The number of ether oxygens (including phenoxy) is 1. The topological polar surface area (TPSA) is 97.2 Å². The Kier molecular flexibility index (Phi) is 3.55. The largest absolute Gasteiger partial charge is 0.493 e. The molecular formula is C19H15N3O4. The molecule has 2 heterocycles. The lowest BCUT2D eigenvalue weighted by Gasteiger charge is -2.12. The number of benzene rings is 2. The van der Waals surface area contributed by atoms with Gasteiger partial charge in [-0.1, -0.05) is 24.3 Å². The number of carbonyl (C=O) groups is 1. The first kappa shape index (κ1) is 16.0. The Morgan fingerprint density at radius 3 is 2.69 bits per heavy atom. The molecule has 1 aliphatic rings. The molecule has 7 nitrogen and oxygen atoms in total. The molecule has 4 rings (SSSR count). The summed E-state index contributed by atoms with van der Waals surface area (Å²) in [6, 6.07) is 12.6. The van der Waals surface area contributed by atoms with E-state index in [9.17, 15) is 20.0 Å². The fraction of sp³-hybridized carbons (Fsp3) is 0.211. The minimum atomic E-state index is -0.647. The minimum absolute atomic E-state index is 0.242. The van der Waals surface area contributed by atoms with E-state index in [1.807, 2.05) is 6.07 Å². The van der Waals surface area contributed by atoms with Crippen molar-refractivity contribution in [1.82, 2.24) is 9.13 Å². The van der Waals surface area contributed by atoms with Crippen LogP contribution in [0.2, 0.25) is 0 Å². The van der Waals surface area contributed by atoms with Gasteiger partial charge in [0.15, 0.2) is 0 Å². The van der Waals surface area contributed by atoms with E-state index in [1.54, 1.807) is 30.3 Å². The molecule has 1 aliphatic heterocycles. The smallest absolute Gasteiger partial charge is 0.336 e. The van der Waals surface area contributed by atoms with Crippen LogP contribution in [0.4, 0.5) is 0 Å². The summed E-state index contributed by atoms with van der Waals surface area (Å²) in [5.41, 5.74) is 0.868. The average molecular weight is 349 g/mol. The van der Waals surface area contributed by atoms with Crippen molar-refractivity contribution in [3.8, 4) is 17.6 Å². The third kappa shape index (κ3) is 2.19. The summed E-state index contributed by atoms with van der Waals surface area (Å²) >= 11 is 0. The molecule has 26 heavy (non-hydrogen) atoms. The Labute approximate surface area is 148 Å². The third-order valence-electron chi connectivity index (χ3n) is 4.64. The molecule has 130 valence electrons. The van der Waals surface area contributed by atoms with Crippen molar-refractivity contribution in [2.75, 3.05) is 0 Å². The molecule has 0 radical (unpaired) electrons. The first-order valence-corrected chi connectivity index (χ1v) is 8.16. The van der Waals surface area contributed by atoms with Gasteiger partial charge in [-0.15, -0.1) is 0 Å². The van der Waals surface area contributed by atoms with Gasteiger partial charge < -0.3 is 9.84 Å². The Hall–Kier alpha value is -3.53. The second kappa shape index (κ2) is 5.77. The van der Waals surface area contributed by atoms with E-state index in [2.05, 4.69) is 6.07 Å². The van der Waals surface area contributed by atoms with Gasteiger partial charge in [0.2, 0.25) is 5.88 Å². The summed E-state index contributed by atoms with van der Waals surface area (Å²) in [6.45, 7) is 1.66. The highest BCUT2D eigenvalue weighted by Gasteiger charge is 2.34. The van der Waals surface area contributed by atoms with Gasteiger partial charge in [0.1, 0.15) is 11.8 Å². The second-order valence-electron chi connectivity index (χ2n) is 6.15. The number of hydrogen-bond donors (Lipinski definition) is 1. The summed E-state index contributed by atoms with van der Waals surface area (Å²) in [7, 11) is 0. The molecule has 7 heteroatoms. The number of aromatic hydroxyl groups is 1. The first-order valence-electron chi connectivity index (χ1n) is 8.16. The van der Waals surface area contributed by atoms with Gasteiger partial charge in [-0.05, 0) is 12.1 Å². The van der Waals surface area contributed by atoms with E-state index in [0.717, 1.165) is 0 Å². The van der Waals surface area contributed by atoms with E-state index in [0.29, 0.717) is 40.7 Å². The predicted octanol–water partition coefficient (Wildman–Crippen LogP) is 2.38. The van der Waals surface area contributed by atoms with Crippen molar-refractivity contribution in [2.24, 2.45) is 0 Å². The SMILES string of the molecule is CC(=O)OC1CCn2c1c(O)n(-c1ccc(C#N)c3ccccc13)c2=O. The number of imidazole rings is 1. The molecule has 1 unspecified atom stereocenters. The Bertz CT molecular complexity index is 1150. The van der Waals surface area contributed by atoms with E-state index in [4.69, 9.17) is 4.74 Å². The lowest BCUT2D eigenvalue weighted by atomic mass is 10.0. The van der Waals surface area contributed by atoms with Crippen molar-refractivity contribution in [1.29, 1.82) is 5.26 Å². The van der Waals surface area contributed by atoms with Crippen LogP contribution in [0.15, 0.2) is 41.2 Å². The van der Waals surface area contributed by atoms with Crippen LogP contribution in [0.3, 0.4) is 0 Å². The Morgan fingerprint density at radius 2 is 2.00 bits per heavy atom. The zero-order valence-electron chi connectivity index (χ0n) is 14.0. The fourth-order valence-corrected chi connectivity index (χ4v) is 3.57. The number of rotatable bonds is 2. The number of carbonyl (C=O) groups excluding carboxylic acids is 1. The highest BCUT2D eigenvalue weighted by molar-refractivity contribution is 5.94. The van der Waals surface area contributed by atoms with E-state index >= 15 is 0 Å². The number of hydrogen-bond acceptors (Lipinski definition) is 5. The van der Waals surface area contributed by atoms with Crippen LogP contribution in [0.5, 0.6) is 5.88 Å². The van der Waals surface area contributed by atoms with Crippen LogP contribution in [0.1, 0.15) is 30.7 Å². The van der Waals surface area contributed by atoms with Gasteiger partial charge in [0.05, 0.1) is 17.3 Å². The van der Waals surface area contributed by atoms with Gasteiger partial charge in [-0.25, -0.2) is 9.36 Å². The monoisotopic (exact) mass is 349 g/mol. The second-order valence-corrected chi connectivity index (χ2v) is 6.15. The van der Waals surface area contributed by atoms with Gasteiger partial charge in [-0.2, -0.15) is 5.26 Å². The molecule has 0 amide bonds. The Balaban J connectivity index is 1.97. The molecule has 3 aromatic rings. The molecular weight excluding hydrogens is 334 g/mol. The van der Waals surface area contributed by atoms with Crippen molar-refractivity contribution >= 4 is 16.7 Å². The fourth-order valence-electron chi connectivity index (χ4n) is 3.57. The van der Waals surface area contributed by atoms with Crippen LogP contribution in [0.25, 0.3) is 16.5 Å². The van der Waals surface area contributed by atoms with Gasteiger partial charge >= 0.3 is 11.7 Å². The molecule has 0 fully saturated rings. The van der Waals surface area contributed by atoms with E-state index in [-0.39, 0.29) is 5.88 Å². The number of nitrogens with zero attached hydrogens (tertiary/aromatic N) is 3. The molecule has 0 bridgehead atoms. The van der Waals surface area contributed by atoms with Crippen molar-refractivity contribution in [3.63, 3.8) is 0 Å². The molecule has 2 aromatic carbocycles. The molecule has 1 atom stereocenters. The third-order valence-corrected chi connectivity index (χ3v) is 4.64. The van der Waals surface area contributed by atoms with Gasteiger partial charge in [-0.3, -0.25) is 9.36 Å². The summed E-state index contributed by atoms with van der Waals surface area (Å²) in [5.74, 6) is -0.708. The molecule has 0 spiro atoms. The van der Waals surface area contributed by atoms with Crippen molar-refractivity contribution in [2.45, 2.75) is 26.0 Å². The first-order chi connectivity index (χ1) is 12.5. The average Bonchev–Trinajstić information content (AvgIpc) is 3.14. The highest BCUT2D eigenvalue weighted by Crippen LogP contribution is 2.37. The number of aromatic nitrogens is 2. The number of fused-ring (bicyclic) bond motifs is 2. The maximum atomic E-state index is 12.9. The molecule has 0 aliphatic carbocycles. The minimum Gasteiger partial charge on any atom is -0.493 e. The summed E-state index contributed by atoms with van der Waals surface area (Å²) in [5, 5.41) is 21.4. The van der Waals surface area contributed by atoms with Crippen LogP contribution >= 0.6 is 0 Å². The quantitative estimate of drug-likeness (QED) is 0.717. The van der Waals surface area contributed by atoms with Crippen LogP contribution < -0.4 is 5.69 Å². The van der Waals surface area contributed by atoms with Crippen molar-refractivity contribution in [3.05, 3.63) is 58.1 Å². The maximum Gasteiger partial charge on any atom is 0.336 e.